The van der Waals surface area contributed by atoms with Crippen LogP contribution in [0.2, 0.25) is 0 Å². The van der Waals surface area contributed by atoms with E-state index >= 15 is 0 Å². The number of hydrogen-bond acceptors (Lipinski definition) is 3. The molecular weight excluding hydrogens is 316 g/mol. The van der Waals surface area contributed by atoms with Gasteiger partial charge in [-0.1, -0.05) is 60.2 Å². The number of aryl methyl sites for hydroxylation is 1. The van der Waals surface area contributed by atoms with Gasteiger partial charge in [0.2, 0.25) is 0 Å². The molecule has 0 fully saturated rings. The average molecular weight is 336 g/mol. The highest BCUT2D eigenvalue weighted by Gasteiger charge is 2.21. The van der Waals surface area contributed by atoms with Gasteiger partial charge in [-0.3, -0.25) is 4.79 Å². The molecule has 0 N–H and O–H groups in total. The van der Waals surface area contributed by atoms with E-state index in [1.165, 1.54) is 16.9 Å². The third-order valence-corrected chi connectivity index (χ3v) is 5.10. The number of aromatic nitrogens is 1. The molecule has 1 amide bonds. The molecule has 0 spiro atoms. The van der Waals surface area contributed by atoms with Crippen molar-refractivity contribution >= 4 is 17.2 Å². The van der Waals surface area contributed by atoms with Crippen molar-refractivity contribution in [3.63, 3.8) is 0 Å². The van der Waals surface area contributed by atoms with Crippen molar-refractivity contribution in [2.75, 3.05) is 7.05 Å². The van der Waals surface area contributed by atoms with Gasteiger partial charge in [0.15, 0.2) is 0 Å². The zero-order valence-electron chi connectivity index (χ0n) is 14.1. The molecule has 24 heavy (non-hydrogen) atoms. The van der Waals surface area contributed by atoms with Gasteiger partial charge in [0, 0.05) is 18.0 Å². The van der Waals surface area contributed by atoms with Gasteiger partial charge in [-0.05, 0) is 19.4 Å². The number of carbonyl (C=O) groups excluding carboxylic acids is 1. The van der Waals surface area contributed by atoms with Crippen LogP contribution < -0.4 is 0 Å². The standard InChI is InChI=1S/C20H20N2OS/c1-14-9-11-17(12-10-14)19-21-18(13-24-19)20(23)22(3)15(2)16-7-5-4-6-8-16/h4-13,15H,1-3H3/t15-/m0/s1. The second kappa shape index (κ2) is 6.97. The van der Waals surface area contributed by atoms with Gasteiger partial charge in [0.1, 0.15) is 10.7 Å². The van der Waals surface area contributed by atoms with Crippen molar-refractivity contribution in [2.24, 2.45) is 0 Å². The molecule has 1 aromatic heterocycles. The molecule has 0 aliphatic heterocycles. The highest BCUT2D eigenvalue weighted by Crippen LogP contribution is 2.26. The van der Waals surface area contributed by atoms with Gasteiger partial charge in [0.05, 0.1) is 6.04 Å². The van der Waals surface area contributed by atoms with Crippen LogP contribution in [0.25, 0.3) is 10.6 Å². The van der Waals surface area contributed by atoms with Crippen LogP contribution in [0.5, 0.6) is 0 Å². The SMILES string of the molecule is Cc1ccc(-c2nc(C(=O)N(C)[C@@H](C)c3ccccc3)cs2)cc1. The minimum Gasteiger partial charge on any atom is -0.334 e. The number of hydrogen-bond donors (Lipinski definition) is 0. The number of amides is 1. The zero-order valence-corrected chi connectivity index (χ0v) is 14.9. The molecule has 1 atom stereocenters. The number of rotatable bonds is 4. The fourth-order valence-corrected chi connectivity index (χ4v) is 3.31. The molecule has 3 nitrogen and oxygen atoms in total. The Labute approximate surface area is 146 Å². The van der Waals surface area contributed by atoms with Crippen molar-refractivity contribution in [3.8, 4) is 10.6 Å². The summed E-state index contributed by atoms with van der Waals surface area (Å²) >= 11 is 1.50. The van der Waals surface area contributed by atoms with Crippen LogP contribution in [-0.2, 0) is 0 Å². The van der Waals surface area contributed by atoms with Gasteiger partial charge >= 0.3 is 0 Å². The fraction of sp³-hybridized carbons (Fsp3) is 0.200. The smallest absolute Gasteiger partial charge is 0.273 e. The van der Waals surface area contributed by atoms with E-state index in [-0.39, 0.29) is 11.9 Å². The van der Waals surface area contributed by atoms with Crippen LogP contribution in [0.4, 0.5) is 0 Å². The van der Waals surface area contributed by atoms with Gasteiger partial charge in [-0.15, -0.1) is 11.3 Å². The quantitative estimate of drug-likeness (QED) is 0.675. The van der Waals surface area contributed by atoms with E-state index in [9.17, 15) is 4.79 Å². The first-order chi connectivity index (χ1) is 11.6. The molecule has 122 valence electrons. The molecule has 0 radical (unpaired) electrons. The fourth-order valence-electron chi connectivity index (χ4n) is 2.51. The Morgan fingerprint density at radius 1 is 1.08 bits per heavy atom. The summed E-state index contributed by atoms with van der Waals surface area (Å²) in [6.45, 7) is 4.08. The summed E-state index contributed by atoms with van der Waals surface area (Å²) in [5.41, 5.74) is 3.87. The summed E-state index contributed by atoms with van der Waals surface area (Å²) in [5.74, 6) is -0.0547. The number of nitrogens with zero attached hydrogens (tertiary/aromatic N) is 2. The maximum atomic E-state index is 12.7. The number of benzene rings is 2. The van der Waals surface area contributed by atoms with Crippen molar-refractivity contribution < 1.29 is 4.79 Å². The predicted octanol–water partition coefficient (Wildman–Crippen LogP) is 4.95. The topological polar surface area (TPSA) is 33.2 Å². The summed E-state index contributed by atoms with van der Waals surface area (Å²) in [4.78, 5) is 19.0. The molecule has 3 rings (SSSR count). The monoisotopic (exact) mass is 336 g/mol. The third kappa shape index (κ3) is 3.39. The minimum atomic E-state index is -0.0547. The van der Waals surface area contributed by atoms with Crippen LogP contribution in [0.1, 0.15) is 34.6 Å². The van der Waals surface area contributed by atoms with Gasteiger partial charge in [0.25, 0.3) is 5.91 Å². The van der Waals surface area contributed by atoms with Crippen LogP contribution in [0.15, 0.2) is 60.0 Å². The molecule has 4 heteroatoms. The molecule has 0 saturated carbocycles. The molecule has 0 saturated heterocycles. The maximum Gasteiger partial charge on any atom is 0.273 e. The Hall–Kier alpha value is -2.46. The second-order valence-corrected chi connectivity index (χ2v) is 6.76. The normalized spacial score (nSPS) is 12.0. The van der Waals surface area contributed by atoms with Crippen molar-refractivity contribution in [1.82, 2.24) is 9.88 Å². The third-order valence-electron chi connectivity index (χ3n) is 4.21. The van der Waals surface area contributed by atoms with Crippen LogP contribution in [0.3, 0.4) is 0 Å². The largest absolute Gasteiger partial charge is 0.334 e. The lowest BCUT2D eigenvalue weighted by Gasteiger charge is -2.24. The predicted molar refractivity (Wildman–Crippen MR) is 99.2 cm³/mol. The lowest BCUT2D eigenvalue weighted by atomic mass is 10.1. The van der Waals surface area contributed by atoms with Crippen molar-refractivity contribution in [3.05, 3.63) is 76.8 Å². The molecule has 0 aliphatic rings. The van der Waals surface area contributed by atoms with Crippen molar-refractivity contribution in [1.29, 1.82) is 0 Å². The van der Waals surface area contributed by atoms with E-state index in [1.807, 2.05) is 61.8 Å². The van der Waals surface area contributed by atoms with Gasteiger partial charge < -0.3 is 4.90 Å². The Bertz CT molecular complexity index is 824. The van der Waals surface area contributed by atoms with Gasteiger partial charge in [-0.2, -0.15) is 0 Å². The number of carbonyl (C=O) groups is 1. The molecule has 2 aromatic carbocycles. The first-order valence-electron chi connectivity index (χ1n) is 7.91. The summed E-state index contributed by atoms with van der Waals surface area (Å²) in [6.07, 6.45) is 0. The van der Waals surface area contributed by atoms with Gasteiger partial charge in [-0.25, -0.2) is 4.98 Å². The summed E-state index contributed by atoms with van der Waals surface area (Å²) in [7, 11) is 1.82. The first-order valence-corrected chi connectivity index (χ1v) is 8.79. The second-order valence-electron chi connectivity index (χ2n) is 5.91. The Morgan fingerprint density at radius 3 is 2.42 bits per heavy atom. The van der Waals surface area contributed by atoms with Crippen molar-refractivity contribution in [2.45, 2.75) is 19.9 Å². The van der Waals surface area contributed by atoms with E-state index < -0.39 is 0 Å². The van der Waals surface area contributed by atoms with E-state index in [4.69, 9.17) is 0 Å². The summed E-state index contributed by atoms with van der Waals surface area (Å²) in [6, 6.07) is 18.2. The summed E-state index contributed by atoms with van der Waals surface area (Å²) in [5, 5.41) is 2.71. The summed E-state index contributed by atoms with van der Waals surface area (Å²) < 4.78 is 0. The van der Waals surface area contributed by atoms with E-state index in [0.717, 1.165) is 16.1 Å². The molecule has 0 unspecified atom stereocenters. The lowest BCUT2D eigenvalue weighted by molar-refractivity contribution is 0.0737. The highest BCUT2D eigenvalue weighted by molar-refractivity contribution is 7.13. The zero-order chi connectivity index (χ0) is 17.1. The first kappa shape index (κ1) is 16.4. The van der Waals surface area contributed by atoms with Crippen LogP contribution >= 0.6 is 11.3 Å². The Balaban J connectivity index is 1.79. The Morgan fingerprint density at radius 2 is 1.75 bits per heavy atom. The lowest BCUT2D eigenvalue weighted by Crippen LogP contribution is -2.29. The molecule has 0 aliphatic carbocycles. The Kier molecular flexibility index (Phi) is 4.76. The number of thiazole rings is 1. The molecular formula is C20H20N2OS. The highest BCUT2D eigenvalue weighted by atomic mass is 32.1. The van der Waals surface area contributed by atoms with Crippen LogP contribution in [0, 0.1) is 6.92 Å². The van der Waals surface area contributed by atoms with E-state index in [2.05, 4.69) is 24.0 Å². The molecule has 3 aromatic rings. The van der Waals surface area contributed by atoms with E-state index in [0.29, 0.717) is 5.69 Å². The van der Waals surface area contributed by atoms with Crippen LogP contribution in [-0.4, -0.2) is 22.8 Å². The molecule has 1 heterocycles. The molecule has 0 bridgehead atoms. The minimum absolute atomic E-state index is 0.00299. The average Bonchev–Trinajstić information content (AvgIpc) is 3.11. The maximum absolute atomic E-state index is 12.7. The van der Waals surface area contributed by atoms with E-state index in [1.54, 1.807) is 4.90 Å².